The summed E-state index contributed by atoms with van der Waals surface area (Å²) in [5.41, 5.74) is 1.04. The Morgan fingerprint density at radius 3 is 2.43 bits per heavy atom. The highest BCUT2D eigenvalue weighted by atomic mass is 35.5. The van der Waals surface area contributed by atoms with Gasteiger partial charge in [0.1, 0.15) is 23.7 Å². The summed E-state index contributed by atoms with van der Waals surface area (Å²) in [5, 5.41) is 41.1. The smallest absolute Gasteiger partial charge is 0.348 e. The van der Waals surface area contributed by atoms with Crippen molar-refractivity contribution in [2.24, 2.45) is 11.8 Å². The molecule has 0 radical (unpaired) electrons. The molecule has 1 aliphatic carbocycles. The minimum absolute atomic E-state index is 0.0789. The molecule has 1 aromatic heterocycles. The van der Waals surface area contributed by atoms with Gasteiger partial charge < -0.3 is 25.2 Å². The van der Waals surface area contributed by atoms with Crippen LogP contribution in [-0.2, 0) is 17.6 Å². The number of ether oxygens (including phenoxy) is 1. The zero-order valence-corrected chi connectivity index (χ0v) is 23.8. The first-order valence-corrected chi connectivity index (χ1v) is 14.7. The minimum Gasteiger partial charge on any atom is -0.459 e. The van der Waals surface area contributed by atoms with E-state index < -0.39 is 37.0 Å². The lowest BCUT2D eigenvalue weighted by Gasteiger charge is -2.23. The van der Waals surface area contributed by atoms with Crippen LogP contribution in [0, 0.1) is 11.8 Å². The second-order valence-corrected chi connectivity index (χ2v) is 12.4. The van der Waals surface area contributed by atoms with Crippen molar-refractivity contribution in [3.63, 3.8) is 0 Å². The first kappa shape index (κ1) is 30.6. The molecule has 0 aliphatic heterocycles. The van der Waals surface area contributed by atoms with Gasteiger partial charge in [0.25, 0.3) is 0 Å². The van der Waals surface area contributed by atoms with Gasteiger partial charge in [0.2, 0.25) is 0 Å². The van der Waals surface area contributed by atoms with Gasteiger partial charge in [-0.25, -0.2) is 4.79 Å². The summed E-state index contributed by atoms with van der Waals surface area (Å²) < 4.78 is 5.11. The van der Waals surface area contributed by atoms with E-state index in [9.17, 15) is 25.2 Å². The van der Waals surface area contributed by atoms with Crippen molar-refractivity contribution in [2.45, 2.75) is 81.7 Å². The fourth-order valence-corrected chi connectivity index (χ4v) is 7.00. The van der Waals surface area contributed by atoms with Crippen molar-refractivity contribution < 1.29 is 30.0 Å². The Hall–Kier alpha value is -0.900. The number of carbonyl (C=O) groups excluding carboxylic acids is 1. The molecule has 1 aliphatic rings. The maximum atomic E-state index is 12.3. The van der Waals surface area contributed by atoms with E-state index in [-0.39, 0.29) is 23.6 Å². The maximum Gasteiger partial charge on any atom is 0.348 e. The van der Waals surface area contributed by atoms with Gasteiger partial charge in [0, 0.05) is 20.3 Å². The summed E-state index contributed by atoms with van der Waals surface area (Å²) in [6.07, 6.45) is 0.704. The van der Waals surface area contributed by atoms with Crippen LogP contribution >= 0.6 is 46.1 Å². The minimum atomic E-state index is -1.37. The number of aliphatic hydroxyl groups is 4. The molecule has 1 heterocycles. The number of thiophene rings is 1. The predicted octanol–water partition coefficient (Wildman–Crippen LogP) is 5.26. The van der Waals surface area contributed by atoms with E-state index in [0.717, 1.165) is 42.5 Å². The van der Waals surface area contributed by atoms with Crippen molar-refractivity contribution in [1.82, 2.24) is 0 Å². The molecule has 7 atom stereocenters. The van der Waals surface area contributed by atoms with E-state index in [1.807, 2.05) is 18.2 Å². The number of hydrogen-bond donors (Lipinski definition) is 4. The molecule has 10 heteroatoms. The maximum absolute atomic E-state index is 12.3. The highest BCUT2D eigenvalue weighted by Crippen LogP contribution is 2.42. The Bertz CT molecular complexity index is 998. The topological polar surface area (TPSA) is 107 Å². The molecule has 0 amide bonds. The van der Waals surface area contributed by atoms with Crippen molar-refractivity contribution in [3.8, 4) is 0 Å². The third kappa shape index (κ3) is 8.80. The van der Waals surface area contributed by atoms with Crippen LogP contribution in [-0.4, -0.2) is 62.8 Å². The summed E-state index contributed by atoms with van der Waals surface area (Å²) in [7, 11) is 0. The van der Waals surface area contributed by atoms with E-state index in [2.05, 4.69) is 0 Å². The number of halogens is 3. The second-order valence-electron chi connectivity index (χ2n) is 9.75. The lowest BCUT2D eigenvalue weighted by atomic mass is 9.85. The number of alkyl halides is 1. The molecule has 3 rings (SSSR count). The summed E-state index contributed by atoms with van der Waals surface area (Å²) in [6, 6.07) is 9.08. The van der Waals surface area contributed by atoms with Gasteiger partial charge in [0.15, 0.2) is 0 Å². The number of hydrogen-bond acceptors (Lipinski definition) is 7. The fourth-order valence-electron chi connectivity index (χ4n) is 4.99. The quantitative estimate of drug-likeness (QED) is 0.186. The first-order valence-electron chi connectivity index (χ1n) is 12.7. The monoisotopic (exact) mass is 592 g/mol. The number of aliphatic hydroxyl groups excluding tert-OH is 4. The van der Waals surface area contributed by atoms with Crippen LogP contribution in [0.15, 0.2) is 30.3 Å². The van der Waals surface area contributed by atoms with Gasteiger partial charge in [-0.05, 0) is 92.7 Å². The fraction of sp³-hybridized carbons (Fsp3) is 0.593. The van der Waals surface area contributed by atoms with Gasteiger partial charge in [0.05, 0.1) is 12.2 Å². The number of benzene rings is 1. The Kier molecular flexibility index (Phi) is 12.0. The third-order valence-electron chi connectivity index (χ3n) is 7.08. The molecular weight excluding hydrogens is 559 g/mol. The van der Waals surface area contributed by atoms with E-state index >= 15 is 0 Å². The van der Waals surface area contributed by atoms with Crippen LogP contribution in [0.25, 0.3) is 0 Å². The van der Waals surface area contributed by atoms with E-state index in [1.165, 1.54) is 11.3 Å². The van der Waals surface area contributed by atoms with Gasteiger partial charge in [-0.3, -0.25) is 0 Å². The van der Waals surface area contributed by atoms with Crippen molar-refractivity contribution in [3.05, 3.63) is 55.7 Å². The number of rotatable bonds is 13. The van der Waals surface area contributed by atoms with Gasteiger partial charge in [-0.15, -0.1) is 22.9 Å². The molecule has 37 heavy (non-hydrogen) atoms. The average Bonchev–Trinajstić information content (AvgIpc) is 3.43. The highest BCUT2D eigenvalue weighted by molar-refractivity contribution is 7.13. The number of esters is 1. The largest absolute Gasteiger partial charge is 0.459 e. The molecule has 0 spiro atoms. The average molecular weight is 594 g/mol. The van der Waals surface area contributed by atoms with E-state index in [1.54, 1.807) is 19.1 Å². The molecule has 6 nitrogen and oxygen atoms in total. The summed E-state index contributed by atoms with van der Waals surface area (Å²) >= 11 is 20.2. The Labute approximate surface area is 237 Å². The number of carbonyl (C=O) groups is 1. The highest BCUT2D eigenvalue weighted by Gasteiger charge is 2.40. The molecule has 206 valence electrons. The molecule has 4 N–H and O–H groups in total. The molecule has 1 fully saturated rings. The van der Waals surface area contributed by atoms with Crippen LogP contribution < -0.4 is 0 Å². The Morgan fingerprint density at radius 1 is 1.05 bits per heavy atom. The van der Waals surface area contributed by atoms with E-state index in [4.69, 9.17) is 39.5 Å². The Morgan fingerprint density at radius 2 is 1.76 bits per heavy atom. The predicted molar refractivity (Wildman–Crippen MR) is 148 cm³/mol. The normalized spacial score (nSPS) is 24.1. The second kappa shape index (κ2) is 14.5. The van der Waals surface area contributed by atoms with Crippen LogP contribution in [0.1, 0.15) is 59.1 Å². The lowest BCUT2D eigenvalue weighted by Crippen LogP contribution is -2.40. The van der Waals surface area contributed by atoms with Crippen molar-refractivity contribution in [1.29, 1.82) is 0 Å². The molecule has 1 saturated carbocycles. The molecule has 2 aromatic rings. The summed E-state index contributed by atoms with van der Waals surface area (Å²) in [4.78, 5) is 13.8. The van der Waals surface area contributed by atoms with E-state index in [0.29, 0.717) is 21.3 Å². The summed E-state index contributed by atoms with van der Waals surface area (Å²) in [6.45, 7) is 1.29. The van der Waals surface area contributed by atoms with Gasteiger partial charge in [-0.1, -0.05) is 30.1 Å². The lowest BCUT2D eigenvalue weighted by molar-refractivity contribution is -0.0802. The van der Waals surface area contributed by atoms with Crippen LogP contribution in [0.3, 0.4) is 0 Å². The first-order chi connectivity index (χ1) is 17.6. The molecule has 1 aromatic carbocycles. The zero-order valence-electron chi connectivity index (χ0n) is 20.7. The molecule has 0 unspecified atom stereocenters. The number of aryl methyl sites for hydroxylation is 2. The van der Waals surface area contributed by atoms with Gasteiger partial charge in [-0.2, -0.15) is 0 Å². The standard InChI is InChI=1S/C27H35Cl3O6S/c1-2-22(31)26(34)24(33)14-36-27(35)25-9-7-18(37-25)4-3-5-19-20(23(32)13-21(19)30)8-6-15-10-16(28)12-17(29)11-15/h7,9-12,19-24,26,31-34H,2-6,8,13-14H2,1H3/t19-,20-,21-,22-,23-,24+,26+/m1/s1. The van der Waals surface area contributed by atoms with Crippen LogP contribution in [0.5, 0.6) is 0 Å². The van der Waals surface area contributed by atoms with Crippen molar-refractivity contribution >= 4 is 52.1 Å². The third-order valence-corrected chi connectivity index (χ3v) is 9.14. The Balaban J connectivity index is 1.47. The SMILES string of the molecule is CC[C@@H](O)[C@H](O)[C@@H](O)COC(=O)c1ccc(CCC[C@@H]2[C@@H](CCc3cc(Cl)cc(Cl)c3)[C@H](O)C[C@H]2Cl)s1. The van der Waals surface area contributed by atoms with Crippen molar-refractivity contribution in [2.75, 3.05) is 6.61 Å². The molecular formula is C27H35Cl3O6S. The zero-order chi connectivity index (χ0) is 27.1. The summed E-state index contributed by atoms with van der Waals surface area (Å²) in [5.74, 6) is -0.279. The molecule has 0 bridgehead atoms. The van der Waals surface area contributed by atoms with Gasteiger partial charge >= 0.3 is 5.97 Å². The molecule has 0 saturated heterocycles. The van der Waals surface area contributed by atoms with Crippen LogP contribution in [0.4, 0.5) is 0 Å². The van der Waals surface area contributed by atoms with Crippen LogP contribution in [0.2, 0.25) is 10.0 Å².